The summed E-state index contributed by atoms with van der Waals surface area (Å²) in [5.74, 6) is -1.20. The Morgan fingerprint density at radius 2 is 2.10 bits per heavy atom. The molecule has 6 heteroatoms. The highest BCUT2D eigenvalue weighted by Crippen LogP contribution is 2.38. The van der Waals surface area contributed by atoms with Crippen LogP contribution in [0, 0.1) is 0 Å². The summed E-state index contributed by atoms with van der Waals surface area (Å²) in [6, 6.07) is 4.59. The summed E-state index contributed by atoms with van der Waals surface area (Å²) in [5, 5.41) is 11.7. The van der Waals surface area contributed by atoms with Crippen LogP contribution in [-0.2, 0) is 9.53 Å². The molecule has 1 saturated carbocycles. The van der Waals surface area contributed by atoms with Crippen molar-refractivity contribution in [1.82, 2.24) is 0 Å². The van der Waals surface area contributed by atoms with Crippen LogP contribution >= 0.6 is 15.9 Å². The summed E-state index contributed by atoms with van der Waals surface area (Å²) in [7, 11) is 1.62. The molecule has 0 saturated heterocycles. The van der Waals surface area contributed by atoms with Crippen molar-refractivity contribution in [3.05, 3.63) is 28.2 Å². The fourth-order valence-corrected chi connectivity index (χ4v) is 2.80. The van der Waals surface area contributed by atoms with Crippen molar-refractivity contribution in [1.29, 1.82) is 0 Å². The molecule has 1 aliphatic rings. The summed E-state index contributed by atoms with van der Waals surface area (Å²) in [4.78, 5) is 23.0. The largest absolute Gasteiger partial charge is 0.478 e. The molecule has 5 nitrogen and oxygen atoms in total. The highest BCUT2D eigenvalue weighted by atomic mass is 79.9. The minimum atomic E-state index is -1.03. The van der Waals surface area contributed by atoms with Gasteiger partial charge in [-0.25, -0.2) is 4.79 Å². The van der Waals surface area contributed by atoms with E-state index in [9.17, 15) is 9.59 Å². The molecule has 0 bridgehead atoms. The molecule has 1 aromatic rings. The van der Waals surface area contributed by atoms with Gasteiger partial charge in [0.15, 0.2) is 0 Å². The molecule has 108 valence electrons. The molecule has 0 unspecified atom stereocenters. The number of aromatic carboxylic acids is 1. The Kier molecular flexibility index (Phi) is 4.45. The van der Waals surface area contributed by atoms with Crippen LogP contribution in [0.1, 0.15) is 36.0 Å². The van der Waals surface area contributed by atoms with Gasteiger partial charge in [0, 0.05) is 17.3 Å². The molecular formula is C14H16BrNO4. The van der Waals surface area contributed by atoms with Gasteiger partial charge in [-0.2, -0.15) is 0 Å². The fraction of sp³-hybridized carbons (Fsp3) is 0.429. The standard InChI is InChI=1S/C14H16BrNO4/c1-20-14(3-2-4-14)8-12(17)16-11-6-9(13(18)19)5-10(15)7-11/h5-7H,2-4,8H2,1H3,(H,16,17)(H,18,19). The number of halogens is 1. The molecule has 0 aliphatic heterocycles. The van der Waals surface area contributed by atoms with Crippen molar-refractivity contribution in [2.75, 3.05) is 12.4 Å². The Labute approximate surface area is 125 Å². The molecule has 2 N–H and O–H groups in total. The monoisotopic (exact) mass is 341 g/mol. The maximum atomic E-state index is 12.0. The predicted molar refractivity (Wildman–Crippen MR) is 77.9 cm³/mol. The summed E-state index contributed by atoms with van der Waals surface area (Å²) in [6.45, 7) is 0. The number of rotatable bonds is 5. The fourth-order valence-electron chi connectivity index (χ4n) is 2.31. The van der Waals surface area contributed by atoms with Gasteiger partial charge in [0.25, 0.3) is 0 Å². The number of methoxy groups -OCH3 is 1. The van der Waals surface area contributed by atoms with Crippen molar-refractivity contribution in [2.24, 2.45) is 0 Å². The van der Waals surface area contributed by atoms with Gasteiger partial charge in [-0.3, -0.25) is 4.79 Å². The lowest BCUT2D eigenvalue weighted by atomic mass is 9.77. The number of carboxylic acids is 1. The third-order valence-corrected chi connectivity index (χ3v) is 4.07. The van der Waals surface area contributed by atoms with Crippen molar-refractivity contribution in [3.8, 4) is 0 Å². The van der Waals surface area contributed by atoms with Gasteiger partial charge < -0.3 is 15.2 Å². The maximum absolute atomic E-state index is 12.0. The molecule has 0 spiro atoms. The van der Waals surface area contributed by atoms with E-state index < -0.39 is 5.97 Å². The first-order chi connectivity index (χ1) is 9.44. The highest BCUT2D eigenvalue weighted by Gasteiger charge is 2.38. The average molecular weight is 342 g/mol. The Morgan fingerprint density at radius 3 is 2.60 bits per heavy atom. The summed E-state index contributed by atoms with van der Waals surface area (Å²) >= 11 is 3.23. The zero-order valence-corrected chi connectivity index (χ0v) is 12.7. The van der Waals surface area contributed by atoms with Crippen LogP contribution in [0.3, 0.4) is 0 Å². The maximum Gasteiger partial charge on any atom is 0.335 e. The molecule has 0 heterocycles. The van der Waals surface area contributed by atoms with Crippen LogP contribution in [0.4, 0.5) is 5.69 Å². The number of carboxylic acid groups (broad SMARTS) is 1. The van der Waals surface area contributed by atoms with E-state index in [4.69, 9.17) is 9.84 Å². The molecule has 1 aromatic carbocycles. The van der Waals surface area contributed by atoms with E-state index in [1.165, 1.54) is 12.1 Å². The molecule has 0 radical (unpaired) electrons. The van der Waals surface area contributed by atoms with Crippen LogP contribution < -0.4 is 5.32 Å². The number of amides is 1. The number of ether oxygens (including phenoxy) is 1. The number of hydrogen-bond donors (Lipinski definition) is 2. The zero-order chi connectivity index (χ0) is 14.8. The van der Waals surface area contributed by atoms with Crippen LogP contribution in [0.15, 0.2) is 22.7 Å². The second kappa shape index (κ2) is 5.93. The van der Waals surface area contributed by atoms with E-state index in [0.29, 0.717) is 16.6 Å². The molecular weight excluding hydrogens is 326 g/mol. The van der Waals surface area contributed by atoms with Gasteiger partial charge in [-0.1, -0.05) is 15.9 Å². The summed E-state index contributed by atoms with van der Waals surface area (Å²) in [5.41, 5.74) is 0.248. The minimum Gasteiger partial charge on any atom is -0.478 e. The molecule has 0 atom stereocenters. The SMILES string of the molecule is COC1(CC(=O)Nc2cc(Br)cc(C(=O)O)c2)CCC1. The van der Waals surface area contributed by atoms with E-state index in [1.54, 1.807) is 13.2 Å². The number of anilines is 1. The van der Waals surface area contributed by atoms with Gasteiger partial charge >= 0.3 is 5.97 Å². The smallest absolute Gasteiger partial charge is 0.335 e. The van der Waals surface area contributed by atoms with Gasteiger partial charge in [0.1, 0.15) is 0 Å². The number of hydrogen-bond acceptors (Lipinski definition) is 3. The van der Waals surface area contributed by atoms with E-state index in [-0.39, 0.29) is 17.1 Å². The van der Waals surface area contributed by atoms with E-state index >= 15 is 0 Å². The zero-order valence-electron chi connectivity index (χ0n) is 11.1. The molecule has 2 rings (SSSR count). The Bertz CT molecular complexity index is 534. The second-order valence-electron chi connectivity index (χ2n) is 5.00. The molecule has 1 aliphatic carbocycles. The van der Waals surface area contributed by atoms with E-state index in [1.807, 2.05) is 0 Å². The van der Waals surface area contributed by atoms with Gasteiger partial charge in [-0.15, -0.1) is 0 Å². The third kappa shape index (κ3) is 3.37. The average Bonchev–Trinajstić information content (AvgIpc) is 2.33. The first kappa shape index (κ1) is 15.0. The van der Waals surface area contributed by atoms with Crippen molar-refractivity contribution in [3.63, 3.8) is 0 Å². The first-order valence-electron chi connectivity index (χ1n) is 6.33. The van der Waals surface area contributed by atoms with Crippen LogP contribution in [0.2, 0.25) is 0 Å². The van der Waals surface area contributed by atoms with Crippen molar-refractivity contribution < 1.29 is 19.4 Å². The molecule has 1 fully saturated rings. The number of carbonyl (C=O) groups excluding carboxylic acids is 1. The normalized spacial score (nSPS) is 16.3. The summed E-state index contributed by atoms with van der Waals surface area (Å²) < 4.78 is 6.01. The van der Waals surface area contributed by atoms with Crippen molar-refractivity contribution in [2.45, 2.75) is 31.3 Å². The lowest BCUT2D eigenvalue weighted by Gasteiger charge is -2.39. The summed E-state index contributed by atoms with van der Waals surface area (Å²) in [6.07, 6.45) is 3.13. The van der Waals surface area contributed by atoms with Crippen LogP contribution in [-0.4, -0.2) is 29.7 Å². The number of benzene rings is 1. The van der Waals surface area contributed by atoms with E-state index in [2.05, 4.69) is 21.2 Å². The number of nitrogens with one attached hydrogen (secondary N) is 1. The Hall–Kier alpha value is -1.40. The minimum absolute atomic E-state index is 0.125. The van der Waals surface area contributed by atoms with Gasteiger partial charge in [0.05, 0.1) is 17.6 Å². The second-order valence-corrected chi connectivity index (χ2v) is 5.92. The predicted octanol–water partition coefficient (Wildman–Crippen LogP) is 3.05. The van der Waals surface area contributed by atoms with Gasteiger partial charge in [-0.05, 0) is 37.5 Å². The van der Waals surface area contributed by atoms with Gasteiger partial charge in [0.2, 0.25) is 5.91 Å². The quantitative estimate of drug-likeness (QED) is 0.862. The molecule has 0 aromatic heterocycles. The topological polar surface area (TPSA) is 75.6 Å². The van der Waals surface area contributed by atoms with Crippen LogP contribution in [0.5, 0.6) is 0 Å². The Balaban J connectivity index is 2.06. The van der Waals surface area contributed by atoms with Crippen molar-refractivity contribution >= 4 is 33.5 Å². The van der Waals surface area contributed by atoms with E-state index in [0.717, 1.165) is 19.3 Å². The molecule has 1 amide bonds. The third-order valence-electron chi connectivity index (χ3n) is 3.61. The lowest BCUT2D eigenvalue weighted by Crippen LogP contribution is -2.42. The van der Waals surface area contributed by atoms with Crippen LogP contribution in [0.25, 0.3) is 0 Å². The Morgan fingerprint density at radius 1 is 1.40 bits per heavy atom. The lowest BCUT2D eigenvalue weighted by molar-refractivity contribution is -0.129. The number of carbonyl (C=O) groups is 2. The highest BCUT2D eigenvalue weighted by molar-refractivity contribution is 9.10. The molecule has 20 heavy (non-hydrogen) atoms. The first-order valence-corrected chi connectivity index (χ1v) is 7.12.